The Kier molecular flexibility index (Phi) is 2.54. The molecule has 0 bridgehead atoms. The highest BCUT2D eigenvalue weighted by atomic mass is 35.5. The summed E-state index contributed by atoms with van der Waals surface area (Å²) in [5, 5.41) is 20.1. The van der Waals surface area contributed by atoms with Crippen LogP contribution in [-0.2, 0) is 0 Å². The van der Waals surface area contributed by atoms with E-state index in [1.807, 2.05) is 0 Å². The van der Waals surface area contributed by atoms with Gasteiger partial charge in [0.05, 0.1) is 22.8 Å². The fourth-order valence-electron chi connectivity index (χ4n) is 1.32. The first-order valence-corrected chi connectivity index (χ1v) is 4.68. The third-order valence-electron chi connectivity index (χ3n) is 2.05. The van der Waals surface area contributed by atoms with E-state index in [1.165, 1.54) is 12.3 Å². The summed E-state index contributed by atoms with van der Waals surface area (Å²) in [4.78, 5) is 9.90. The summed E-state index contributed by atoms with van der Waals surface area (Å²) < 4.78 is 5.07. The third kappa shape index (κ3) is 1.72. The second kappa shape index (κ2) is 3.86. The molecule has 16 heavy (non-hydrogen) atoms. The van der Waals surface area contributed by atoms with Crippen molar-refractivity contribution in [1.82, 2.24) is 0 Å². The van der Waals surface area contributed by atoms with Crippen LogP contribution in [-0.4, -0.2) is 10.0 Å². The number of phenolic OH excluding ortho intramolecular Hbond substituents is 1. The number of hydrogen-bond donors (Lipinski definition) is 1. The molecule has 1 heterocycles. The van der Waals surface area contributed by atoms with Crippen molar-refractivity contribution in [2.75, 3.05) is 0 Å². The molecule has 5 nitrogen and oxygen atoms in total. The van der Waals surface area contributed by atoms with E-state index in [2.05, 4.69) is 0 Å². The Bertz CT molecular complexity index is 536. The van der Waals surface area contributed by atoms with E-state index in [0.29, 0.717) is 11.3 Å². The zero-order valence-electron chi connectivity index (χ0n) is 7.88. The zero-order chi connectivity index (χ0) is 11.7. The molecule has 1 N–H and O–H groups in total. The second-order valence-electron chi connectivity index (χ2n) is 3.06. The SMILES string of the molecule is O=[N+]([O-])c1cc(O)c(-c2ccco2)cc1Cl. The fraction of sp³-hybridized carbons (Fsp3) is 0. The Hall–Kier alpha value is -2.01. The molecular formula is C10H6ClNO4. The molecule has 2 aromatic rings. The normalized spacial score (nSPS) is 10.3. The molecule has 0 radical (unpaired) electrons. The molecule has 0 saturated heterocycles. The summed E-state index contributed by atoms with van der Waals surface area (Å²) in [6.45, 7) is 0. The molecule has 0 aliphatic carbocycles. The molecule has 1 aromatic carbocycles. The lowest BCUT2D eigenvalue weighted by molar-refractivity contribution is -0.384. The predicted molar refractivity (Wildman–Crippen MR) is 57.5 cm³/mol. The predicted octanol–water partition coefficient (Wildman–Crippen LogP) is 3.21. The van der Waals surface area contributed by atoms with Crippen LogP contribution in [0.3, 0.4) is 0 Å². The fourth-order valence-corrected chi connectivity index (χ4v) is 1.55. The van der Waals surface area contributed by atoms with E-state index in [-0.39, 0.29) is 16.5 Å². The lowest BCUT2D eigenvalue weighted by Crippen LogP contribution is -1.89. The van der Waals surface area contributed by atoms with Gasteiger partial charge in [0, 0.05) is 0 Å². The summed E-state index contributed by atoms with van der Waals surface area (Å²) in [5.41, 5.74) is -0.0185. The van der Waals surface area contributed by atoms with Crippen molar-refractivity contribution in [1.29, 1.82) is 0 Å². The minimum atomic E-state index is -0.659. The Morgan fingerprint density at radius 3 is 2.75 bits per heavy atom. The van der Waals surface area contributed by atoms with Crippen molar-refractivity contribution in [3.05, 3.63) is 45.7 Å². The van der Waals surface area contributed by atoms with Gasteiger partial charge < -0.3 is 9.52 Å². The third-order valence-corrected chi connectivity index (χ3v) is 2.35. The number of nitro groups is 1. The van der Waals surface area contributed by atoms with E-state index in [0.717, 1.165) is 6.07 Å². The molecule has 2 rings (SSSR count). The van der Waals surface area contributed by atoms with Gasteiger partial charge in [0.1, 0.15) is 16.5 Å². The van der Waals surface area contributed by atoms with Gasteiger partial charge in [-0.1, -0.05) is 11.6 Å². The minimum Gasteiger partial charge on any atom is -0.507 e. The maximum absolute atomic E-state index is 10.6. The smallest absolute Gasteiger partial charge is 0.291 e. The summed E-state index contributed by atoms with van der Waals surface area (Å²) >= 11 is 5.72. The number of benzene rings is 1. The van der Waals surface area contributed by atoms with Crippen molar-refractivity contribution in [3.63, 3.8) is 0 Å². The van der Waals surface area contributed by atoms with Gasteiger partial charge in [-0.25, -0.2) is 0 Å². The van der Waals surface area contributed by atoms with E-state index < -0.39 is 4.92 Å². The lowest BCUT2D eigenvalue weighted by atomic mass is 10.1. The Morgan fingerprint density at radius 1 is 1.44 bits per heavy atom. The van der Waals surface area contributed by atoms with Gasteiger partial charge in [0.25, 0.3) is 5.69 Å². The highest BCUT2D eigenvalue weighted by Gasteiger charge is 2.18. The summed E-state index contributed by atoms with van der Waals surface area (Å²) in [6.07, 6.45) is 1.43. The number of hydrogen-bond acceptors (Lipinski definition) is 4. The average Bonchev–Trinajstić information content (AvgIpc) is 2.73. The molecule has 0 saturated carbocycles. The molecular weight excluding hydrogens is 234 g/mol. The van der Waals surface area contributed by atoms with Crippen molar-refractivity contribution < 1.29 is 14.4 Å². The van der Waals surface area contributed by atoms with Crippen molar-refractivity contribution in [2.45, 2.75) is 0 Å². The van der Waals surface area contributed by atoms with Gasteiger partial charge in [-0.15, -0.1) is 0 Å². The molecule has 0 aliphatic rings. The number of nitrogens with zero attached hydrogens (tertiary/aromatic N) is 1. The Morgan fingerprint density at radius 2 is 2.19 bits per heavy atom. The molecule has 0 atom stereocenters. The van der Waals surface area contributed by atoms with Crippen molar-refractivity contribution >= 4 is 17.3 Å². The van der Waals surface area contributed by atoms with E-state index in [4.69, 9.17) is 16.0 Å². The number of furan rings is 1. The Labute approximate surface area is 95.0 Å². The maximum Gasteiger partial charge on any atom is 0.291 e. The number of phenols is 1. The standard InChI is InChI=1S/C10H6ClNO4/c11-7-4-6(10-2-1-3-16-10)9(13)5-8(7)12(14)15/h1-5,13H. The number of nitro benzene ring substituents is 1. The van der Waals surface area contributed by atoms with Crippen LogP contribution < -0.4 is 0 Å². The summed E-state index contributed by atoms with van der Waals surface area (Å²) in [5.74, 6) is 0.153. The highest BCUT2D eigenvalue weighted by Crippen LogP contribution is 2.37. The molecule has 82 valence electrons. The van der Waals surface area contributed by atoms with Gasteiger partial charge in [-0.3, -0.25) is 10.1 Å². The Balaban J connectivity index is 2.59. The van der Waals surface area contributed by atoms with E-state index >= 15 is 0 Å². The van der Waals surface area contributed by atoms with Crippen LogP contribution in [0, 0.1) is 10.1 Å². The van der Waals surface area contributed by atoms with Crippen LogP contribution in [0.25, 0.3) is 11.3 Å². The molecule has 1 aromatic heterocycles. The van der Waals surface area contributed by atoms with Gasteiger partial charge in [-0.2, -0.15) is 0 Å². The lowest BCUT2D eigenvalue weighted by Gasteiger charge is -2.02. The van der Waals surface area contributed by atoms with E-state index in [1.54, 1.807) is 12.1 Å². The quantitative estimate of drug-likeness (QED) is 0.645. The molecule has 0 fully saturated rings. The van der Waals surface area contributed by atoms with E-state index in [9.17, 15) is 15.2 Å². The van der Waals surface area contributed by atoms with Gasteiger partial charge in [0.2, 0.25) is 0 Å². The summed E-state index contributed by atoms with van der Waals surface area (Å²) in [6, 6.07) is 5.56. The minimum absolute atomic E-state index is 0.0470. The van der Waals surface area contributed by atoms with Crippen LogP contribution in [0.15, 0.2) is 34.9 Å². The maximum atomic E-state index is 10.6. The van der Waals surface area contributed by atoms with Crippen LogP contribution in [0.1, 0.15) is 0 Å². The van der Waals surface area contributed by atoms with Gasteiger partial charge in [0.15, 0.2) is 0 Å². The number of rotatable bonds is 2. The number of halogens is 1. The van der Waals surface area contributed by atoms with Crippen LogP contribution in [0.2, 0.25) is 5.02 Å². The zero-order valence-corrected chi connectivity index (χ0v) is 8.64. The average molecular weight is 240 g/mol. The van der Waals surface area contributed by atoms with Crippen molar-refractivity contribution in [3.8, 4) is 17.1 Å². The number of aromatic hydroxyl groups is 1. The molecule has 0 amide bonds. The van der Waals surface area contributed by atoms with Gasteiger partial charge >= 0.3 is 0 Å². The van der Waals surface area contributed by atoms with Crippen LogP contribution in [0.4, 0.5) is 5.69 Å². The molecule has 0 unspecified atom stereocenters. The second-order valence-corrected chi connectivity index (χ2v) is 3.46. The first kappa shape index (κ1) is 10.5. The molecule has 6 heteroatoms. The first-order chi connectivity index (χ1) is 7.59. The van der Waals surface area contributed by atoms with Gasteiger partial charge in [-0.05, 0) is 18.2 Å². The van der Waals surface area contributed by atoms with Crippen molar-refractivity contribution in [2.24, 2.45) is 0 Å². The topological polar surface area (TPSA) is 76.5 Å². The summed E-state index contributed by atoms with van der Waals surface area (Å²) in [7, 11) is 0. The van der Waals surface area contributed by atoms with Crippen LogP contribution in [0.5, 0.6) is 5.75 Å². The first-order valence-electron chi connectivity index (χ1n) is 4.30. The monoisotopic (exact) mass is 239 g/mol. The largest absolute Gasteiger partial charge is 0.507 e. The molecule has 0 spiro atoms. The van der Waals surface area contributed by atoms with Crippen LogP contribution >= 0.6 is 11.6 Å². The highest BCUT2D eigenvalue weighted by molar-refractivity contribution is 6.33. The molecule has 0 aliphatic heterocycles.